The van der Waals surface area contributed by atoms with Crippen molar-refractivity contribution in [2.75, 3.05) is 13.1 Å². The number of hydrogen-bond donors (Lipinski definition) is 1. The fraction of sp³-hybridized carbons (Fsp3) is 0.606. The van der Waals surface area contributed by atoms with Crippen LogP contribution in [-0.4, -0.2) is 46.2 Å². The van der Waals surface area contributed by atoms with Crippen LogP contribution in [-0.2, 0) is 9.53 Å². The number of rotatable bonds is 21. The summed E-state index contributed by atoms with van der Waals surface area (Å²) in [6.45, 7) is 8.53. The lowest BCUT2D eigenvalue weighted by Crippen LogP contribution is -2.31. The number of carbonyl (C=O) groups excluding carboxylic acids is 2. The van der Waals surface area contributed by atoms with Gasteiger partial charge >= 0.3 is 11.8 Å². The number of amides is 1. The lowest BCUT2D eigenvalue weighted by Gasteiger charge is -2.18. The van der Waals surface area contributed by atoms with Gasteiger partial charge in [0.1, 0.15) is 17.7 Å². The van der Waals surface area contributed by atoms with Gasteiger partial charge in [0.2, 0.25) is 5.75 Å². The van der Waals surface area contributed by atoms with E-state index < -0.39 is 40.3 Å². The van der Waals surface area contributed by atoms with Gasteiger partial charge in [0.25, 0.3) is 5.91 Å². The van der Waals surface area contributed by atoms with Crippen molar-refractivity contribution in [1.82, 2.24) is 4.90 Å². The van der Waals surface area contributed by atoms with Crippen molar-refractivity contribution in [1.29, 1.82) is 5.26 Å². The largest absolute Gasteiger partial charge is 0.514 e. The van der Waals surface area contributed by atoms with E-state index in [0.29, 0.717) is 25.9 Å². The average Bonchev–Trinajstić information content (AvgIpc) is 2.98. The predicted octanol–water partition coefficient (Wildman–Crippen LogP) is 8.63. The highest BCUT2D eigenvalue weighted by Crippen LogP contribution is 2.38. The summed E-state index contributed by atoms with van der Waals surface area (Å²) in [5.74, 6) is -1.89. The molecule has 1 amide bonds. The van der Waals surface area contributed by atoms with Crippen molar-refractivity contribution in [2.45, 2.75) is 117 Å². The summed E-state index contributed by atoms with van der Waals surface area (Å²) in [5, 5.41) is 31.6. The zero-order chi connectivity index (χ0) is 32.0. The van der Waals surface area contributed by atoms with Gasteiger partial charge in [-0.2, -0.15) is 5.26 Å². The van der Waals surface area contributed by atoms with E-state index in [4.69, 9.17) is 9.47 Å². The van der Waals surface area contributed by atoms with Crippen LogP contribution in [0.25, 0.3) is 6.08 Å². The Bertz CT molecular complexity index is 1120. The Kier molecular flexibility index (Phi) is 18.8. The average molecular weight is 600 g/mol. The van der Waals surface area contributed by atoms with Gasteiger partial charge in [-0.3, -0.25) is 14.9 Å². The van der Waals surface area contributed by atoms with Crippen LogP contribution >= 0.6 is 0 Å². The van der Waals surface area contributed by atoms with Crippen molar-refractivity contribution in [3.63, 3.8) is 0 Å². The van der Waals surface area contributed by atoms with E-state index in [1.165, 1.54) is 43.4 Å². The summed E-state index contributed by atoms with van der Waals surface area (Å²) in [5.41, 5.74) is -0.947. The molecule has 0 saturated carbocycles. The Balaban J connectivity index is 2.91. The number of likely N-dealkylation sites (N-methyl/N-ethyl adjacent to an activating group) is 1. The number of benzene rings is 1. The molecule has 10 nitrogen and oxygen atoms in total. The van der Waals surface area contributed by atoms with Gasteiger partial charge in [0.05, 0.1) is 4.92 Å². The number of hydrogen-bond acceptors (Lipinski definition) is 8. The second kappa shape index (κ2) is 21.8. The molecule has 1 atom stereocenters. The van der Waals surface area contributed by atoms with Crippen LogP contribution in [0.4, 0.5) is 10.5 Å². The second-order valence-corrected chi connectivity index (χ2v) is 10.5. The highest BCUT2D eigenvalue weighted by molar-refractivity contribution is 6.01. The molecule has 0 aliphatic heterocycles. The first-order valence-corrected chi connectivity index (χ1v) is 15.7. The summed E-state index contributed by atoms with van der Waals surface area (Å²) in [6.07, 6.45) is 17.4. The van der Waals surface area contributed by atoms with Crippen molar-refractivity contribution in [3.8, 4) is 17.6 Å². The topological polar surface area (TPSA) is 143 Å². The van der Waals surface area contributed by atoms with Gasteiger partial charge in [-0.15, -0.1) is 0 Å². The maximum absolute atomic E-state index is 12.7. The third-order valence-corrected chi connectivity index (χ3v) is 7.11. The third-order valence-electron chi connectivity index (χ3n) is 7.11. The molecule has 0 fully saturated rings. The molecule has 0 saturated heterocycles. The molecule has 0 radical (unpaired) electrons. The second-order valence-electron chi connectivity index (χ2n) is 10.5. The highest BCUT2D eigenvalue weighted by atomic mass is 16.7. The fourth-order valence-corrected chi connectivity index (χ4v) is 4.59. The molecule has 1 aromatic rings. The van der Waals surface area contributed by atoms with Gasteiger partial charge in [-0.25, -0.2) is 4.79 Å². The Morgan fingerprint density at radius 2 is 1.58 bits per heavy atom. The molecule has 238 valence electrons. The van der Waals surface area contributed by atoms with Gasteiger partial charge in [0, 0.05) is 19.2 Å². The Labute approximate surface area is 256 Å². The normalized spacial score (nSPS) is 12.1. The minimum atomic E-state index is -1.09. The zero-order valence-corrected chi connectivity index (χ0v) is 26.3. The van der Waals surface area contributed by atoms with Crippen molar-refractivity contribution in [3.05, 3.63) is 45.5 Å². The van der Waals surface area contributed by atoms with Crippen LogP contribution < -0.4 is 4.74 Å². The lowest BCUT2D eigenvalue weighted by atomic mass is 10.1. The van der Waals surface area contributed by atoms with Gasteiger partial charge < -0.3 is 19.5 Å². The molecule has 0 bridgehead atoms. The molecule has 1 N–H and O–H groups in total. The smallest absolute Gasteiger partial charge is 0.499 e. The molecule has 0 aliphatic carbocycles. The molecule has 1 aromatic carbocycles. The molecular formula is C33H49N3O7. The third kappa shape index (κ3) is 14.2. The number of ether oxygens (including phenoxy) is 2. The first-order chi connectivity index (χ1) is 20.7. The summed E-state index contributed by atoms with van der Waals surface area (Å²) < 4.78 is 10.8. The Morgan fingerprint density at radius 3 is 2.19 bits per heavy atom. The standard InChI is InChI=1S/C33H49N3O7/c1-5-9-11-12-13-14-15-16-17-18-19-21-28(20-10-6-2)42-33(39)43-30-24-26(23-29(31(30)37)36(40)41)22-27(25-34)32(38)35(7-3)8-4/h16-17,22-24,28,37H,5-15,18-21H2,1-4H3. The van der Waals surface area contributed by atoms with E-state index >= 15 is 0 Å². The minimum Gasteiger partial charge on any atom is -0.499 e. The number of nitriles is 1. The van der Waals surface area contributed by atoms with E-state index in [0.717, 1.165) is 50.3 Å². The van der Waals surface area contributed by atoms with E-state index in [2.05, 4.69) is 19.1 Å². The number of nitro groups is 1. The van der Waals surface area contributed by atoms with Crippen LogP contribution in [0.1, 0.15) is 117 Å². The Hall–Kier alpha value is -3.87. The maximum atomic E-state index is 12.7. The van der Waals surface area contributed by atoms with E-state index in [1.54, 1.807) is 13.8 Å². The minimum absolute atomic E-state index is 0.0413. The number of unbranched alkanes of at least 4 members (excludes halogenated alkanes) is 8. The van der Waals surface area contributed by atoms with Gasteiger partial charge in [0.15, 0.2) is 5.75 Å². The lowest BCUT2D eigenvalue weighted by molar-refractivity contribution is -0.385. The van der Waals surface area contributed by atoms with Crippen molar-refractivity contribution < 1.29 is 29.1 Å². The van der Waals surface area contributed by atoms with Crippen LogP contribution in [0.2, 0.25) is 0 Å². The number of phenolic OH excluding ortho intramolecular Hbond substituents is 1. The summed E-state index contributed by atoms with van der Waals surface area (Å²) in [7, 11) is 0. The summed E-state index contributed by atoms with van der Waals surface area (Å²) in [4.78, 5) is 37.6. The first-order valence-electron chi connectivity index (χ1n) is 15.7. The van der Waals surface area contributed by atoms with E-state index in [9.17, 15) is 30.1 Å². The molecule has 1 unspecified atom stereocenters. The molecule has 10 heteroatoms. The van der Waals surface area contributed by atoms with Gasteiger partial charge in [-0.1, -0.05) is 70.9 Å². The quantitative estimate of drug-likeness (QED) is 0.0216. The molecule has 0 aliphatic rings. The predicted molar refractivity (Wildman–Crippen MR) is 168 cm³/mol. The van der Waals surface area contributed by atoms with Crippen molar-refractivity contribution in [2.24, 2.45) is 0 Å². The van der Waals surface area contributed by atoms with Crippen LogP contribution in [0.15, 0.2) is 29.9 Å². The Morgan fingerprint density at radius 1 is 0.977 bits per heavy atom. The molecule has 43 heavy (non-hydrogen) atoms. The van der Waals surface area contributed by atoms with Crippen LogP contribution in [0.5, 0.6) is 11.5 Å². The fourth-order valence-electron chi connectivity index (χ4n) is 4.59. The monoisotopic (exact) mass is 599 g/mol. The molecule has 0 spiro atoms. The maximum Gasteiger partial charge on any atom is 0.514 e. The van der Waals surface area contributed by atoms with Crippen LogP contribution in [0.3, 0.4) is 0 Å². The number of aromatic hydroxyl groups is 1. The SMILES string of the molecule is CCCCCCCCC=CCCCC(CCCC)OC(=O)Oc1cc(C=C(C#N)C(=O)N(CC)CC)cc([N+](=O)[O-])c1O. The molecule has 1 rings (SSSR count). The van der Waals surface area contributed by atoms with Gasteiger partial charge in [-0.05, 0) is 70.1 Å². The summed E-state index contributed by atoms with van der Waals surface area (Å²) in [6, 6.07) is 3.98. The number of carbonyl (C=O) groups is 2. The number of nitrogens with zero attached hydrogens (tertiary/aromatic N) is 3. The number of allylic oxidation sites excluding steroid dienone is 2. The van der Waals surface area contributed by atoms with Crippen LogP contribution in [0, 0.1) is 21.4 Å². The van der Waals surface area contributed by atoms with E-state index in [-0.39, 0.29) is 11.1 Å². The highest BCUT2D eigenvalue weighted by Gasteiger charge is 2.25. The molecular weight excluding hydrogens is 550 g/mol. The summed E-state index contributed by atoms with van der Waals surface area (Å²) >= 11 is 0. The zero-order valence-electron chi connectivity index (χ0n) is 26.3. The first kappa shape index (κ1) is 37.2. The number of phenols is 1. The number of nitro benzene ring substituents is 1. The molecule has 0 heterocycles. The van der Waals surface area contributed by atoms with E-state index in [1.807, 2.05) is 13.0 Å². The molecule has 0 aromatic heterocycles. The van der Waals surface area contributed by atoms with Crippen molar-refractivity contribution >= 4 is 23.8 Å².